The minimum atomic E-state index is -0.145. The van der Waals surface area contributed by atoms with Gasteiger partial charge in [0, 0.05) is 12.1 Å². The Balaban J connectivity index is 2.14. The summed E-state index contributed by atoms with van der Waals surface area (Å²) in [6.45, 7) is 0.506. The summed E-state index contributed by atoms with van der Waals surface area (Å²) in [6, 6.07) is 5.94. The number of methoxy groups -OCH3 is 2. The lowest BCUT2D eigenvalue weighted by atomic mass is 9.93. The van der Waals surface area contributed by atoms with E-state index in [2.05, 4.69) is 16.3 Å². The lowest BCUT2D eigenvalue weighted by molar-refractivity contribution is 0.354. The van der Waals surface area contributed by atoms with Gasteiger partial charge < -0.3 is 14.0 Å². The van der Waals surface area contributed by atoms with Gasteiger partial charge in [-0.1, -0.05) is 0 Å². The van der Waals surface area contributed by atoms with Crippen LogP contribution in [0.4, 0.5) is 0 Å². The van der Waals surface area contributed by atoms with E-state index in [0.29, 0.717) is 46.6 Å². The summed E-state index contributed by atoms with van der Waals surface area (Å²) in [5, 5.41) is 16.8. The molecule has 0 saturated carbocycles. The maximum absolute atomic E-state index is 12.7. The van der Waals surface area contributed by atoms with Gasteiger partial charge in [-0.3, -0.25) is 9.89 Å². The van der Waals surface area contributed by atoms with Crippen molar-refractivity contribution in [1.29, 1.82) is 5.26 Å². The number of nitriles is 1. The fraction of sp³-hybridized carbons (Fsp3) is 0.235. The van der Waals surface area contributed by atoms with E-state index in [1.807, 2.05) is 12.1 Å². The number of aromatic nitrogens is 3. The number of pyridine rings is 1. The Morgan fingerprint density at radius 3 is 2.75 bits per heavy atom. The third-order valence-corrected chi connectivity index (χ3v) is 4.45. The van der Waals surface area contributed by atoms with Crippen LogP contribution in [0.15, 0.2) is 23.1 Å². The first-order valence-electron chi connectivity index (χ1n) is 7.44. The number of ether oxygens (including phenoxy) is 2. The molecule has 1 aromatic carbocycles. The van der Waals surface area contributed by atoms with Crippen molar-refractivity contribution in [3.8, 4) is 28.8 Å². The fourth-order valence-electron chi connectivity index (χ4n) is 3.32. The molecule has 120 valence electrons. The third-order valence-electron chi connectivity index (χ3n) is 4.45. The van der Waals surface area contributed by atoms with Crippen molar-refractivity contribution in [1.82, 2.24) is 14.8 Å². The number of hydrogen-bond acceptors (Lipinski definition) is 5. The first-order valence-corrected chi connectivity index (χ1v) is 7.44. The molecular formula is C17H14N4O3. The number of aryl methyl sites for hydroxylation is 1. The third kappa shape index (κ3) is 1.77. The number of nitrogens with zero attached hydrogens (tertiary/aromatic N) is 3. The van der Waals surface area contributed by atoms with Gasteiger partial charge in [0.2, 0.25) is 0 Å². The second kappa shape index (κ2) is 5.13. The van der Waals surface area contributed by atoms with Crippen molar-refractivity contribution in [3.63, 3.8) is 0 Å². The summed E-state index contributed by atoms with van der Waals surface area (Å²) in [6.07, 6.45) is 2.15. The Bertz CT molecular complexity index is 1070. The number of rotatable bonds is 2. The van der Waals surface area contributed by atoms with Crippen molar-refractivity contribution < 1.29 is 9.47 Å². The Kier molecular flexibility index (Phi) is 3.06. The quantitative estimate of drug-likeness (QED) is 0.777. The first-order chi connectivity index (χ1) is 11.7. The van der Waals surface area contributed by atoms with Crippen LogP contribution in [-0.4, -0.2) is 29.0 Å². The van der Waals surface area contributed by atoms with Crippen LogP contribution in [0.25, 0.3) is 22.2 Å². The van der Waals surface area contributed by atoms with Crippen LogP contribution < -0.4 is 15.0 Å². The number of H-pyrrole nitrogens is 1. The van der Waals surface area contributed by atoms with Crippen molar-refractivity contribution in [3.05, 3.63) is 39.8 Å². The van der Waals surface area contributed by atoms with E-state index in [4.69, 9.17) is 9.47 Å². The highest BCUT2D eigenvalue weighted by Gasteiger charge is 2.26. The molecule has 0 radical (unpaired) electrons. The molecule has 0 saturated heterocycles. The number of hydrogen-bond donors (Lipinski definition) is 1. The summed E-state index contributed by atoms with van der Waals surface area (Å²) < 4.78 is 12.4. The summed E-state index contributed by atoms with van der Waals surface area (Å²) >= 11 is 0. The molecular weight excluding hydrogens is 308 g/mol. The van der Waals surface area contributed by atoms with Crippen LogP contribution in [0.1, 0.15) is 11.1 Å². The standard InChI is InChI=1S/C17H14N4O3/c1-23-13-5-9-3-4-21-16(10(9)6-14(13)24-2)11(7-18)15-12(17(21)22)8-19-20-15/h5-6,8H,3-4H2,1-2H3,(H,19,20). The summed E-state index contributed by atoms with van der Waals surface area (Å²) in [5.74, 6) is 1.19. The van der Waals surface area contributed by atoms with E-state index in [1.165, 1.54) is 6.20 Å². The maximum Gasteiger partial charge on any atom is 0.262 e. The highest BCUT2D eigenvalue weighted by Crippen LogP contribution is 2.40. The molecule has 7 heteroatoms. The molecule has 4 rings (SSSR count). The second-order valence-electron chi connectivity index (χ2n) is 5.57. The highest BCUT2D eigenvalue weighted by atomic mass is 16.5. The van der Waals surface area contributed by atoms with Gasteiger partial charge in [-0.25, -0.2) is 0 Å². The molecule has 7 nitrogen and oxygen atoms in total. The van der Waals surface area contributed by atoms with Gasteiger partial charge in [-0.2, -0.15) is 10.4 Å². The Labute approximate surface area is 137 Å². The van der Waals surface area contributed by atoms with Crippen LogP contribution in [0.5, 0.6) is 11.5 Å². The van der Waals surface area contributed by atoms with E-state index >= 15 is 0 Å². The first kappa shape index (κ1) is 14.3. The molecule has 3 aromatic rings. The smallest absolute Gasteiger partial charge is 0.262 e. The van der Waals surface area contributed by atoms with Gasteiger partial charge in [0.1, 0.15) is 11.6 Å². The lowest BCUT2D eigenvalue weighted by Gasteiger charge is -2.24. The zero-order valence-electron chi connectivity index (χ0n) is 13.2. The Hall–Kier alpha value is -3.27. The average molecular weight is 322 g/mol. The van der Waals surface area contributed by atoms with Gasteiger partial charge >= 0.3 is 0 Å². The minimum absolute atomic E-state index is 0.145. The van der Waals surface area contributed by atoms with Gasteiger partial charge in [-0.05, 0) is 24.1 Å². The molecule has 1 aliphatic heterocycles. The monoisotopic (exact) mass is 322 g/mol. The molecule has 0 amide bonds. The molecule has 1 N–H and O–H groups in total. The molecule has 0 fully saturated rings. The van der Waals surface area contributed by atoms with E-state index in [0.717, 1.165) is 11.1 Å². The number of nitrogens with one attached hydrogen (secondary N) is 1. The maximum atomic E-state index is 12.7. The number of fused-ring (bicyclic) bond motifs is 4. The molecule has 24 heavy (non-hydrogen) atoms. The minimum Gasteiger partial charge on any atom is -0.493 e. The predicted molar refractivity (Wildman–Crippen MR) is 87.3 cm³/mol. The van der Waals surface area contributed by atoms with Gasteiger partial charge in [0.15, 0.2) is 11.5 Å². The van der Waals surface area contributed by atoms with E-state index in [9.17, 15) is 10.1 Å². The molecule has 0 spiro atoms. The number of aromatic amines is 1. The zero-order chi connectivity index (χ0) is 16.8. The predicted octanol–water partition coefficient (Wildman–Crippen LogP) is 1.84. The zero-order valence-corrected chi connectivity index (χ0v) is 13.2. The van der Waals surface area contributed by atoms with Crippen LogP contribution in [0.2, 0.25) is 0 Å². The van der Waals surface area contributed by atoms with Gasteiger partial charge in [-0.15, -0.1) is 0 Å². The van der Waals surface area contributed by atoms with Crippen LogP contribution in [0, 0.1) is 11.3 Å². The normalized spacial score (nSPS) is 12.4. The lowest BCUT2D eigenvalue weighted by Crippen LogP contribution is -2.27. The van der Waals surface area contributed by atoms with E-state index < -0.39 is 0 Å². The molecule has 0 unspecified atom stereocenters. The van der Waals surface area contributed by atoms with Crippen molar-refractivity contribution >= 4 is 10.9 Å². The van der Waals surface area contributed by atoms with E-state index in [1.54, 1.807) is 18.8 Å². The Morgan fingerprint density at radius 1 is 1.29 bits per heavy atom. The topological polar surface area (TPSA) is 92.9 Å². The summed E-state index contributed by atoms with van der Waals surface area (Å²) in [4.78, 5) is 12.7. The van der Waals surface area contributed by atoms with Crippen molar-refractivity contribution in [2.75, 3.05) is 14.2 Å². The van der Waals surface area contributed by atoms with Crippen LogP contribution in [0.3, 0.4) is 0 Å². The molecule has 0 aliphatic carbocycles. The molecule has 2 aromatic heterocycles. The van der Waals surface area contributed by atoms with Crippen molar-refractivity contribution in [2.45, 2.75) is 13.0 Å². The fourth-order valence-corrected chi connectivity index (χ4v) is 3.32. The Morgan fingerprint density at radius 2 is 2.04 bits per heavy atom. The van der Waals surface area contributed by atoms with Crippen LogP contribution in [-0.2, 0) is 13.0 Å². The van der Waals surface area contributed by atoms with Crippen LogP contribution >= 0.6 is 0 Å². The van der Waals surface area contributed by atoms with E-state index in [-0.39, 0.29) is 5.56 Å². The second-order valence-corrected chi connectivity index (χ2v) is 5.57. The molecule has 3 heterocycles. The highest BCUT2D eigenvalue weighted by molar-refractivity contribution is 5.90. The molecule has 0 bridgehead atoms. The van der Waals surface area contributed by atoms with Gasteiger partial charge in [0.05, 0.1) is 37.0 Å². The molecule has 0 atom stereocenters. The summed E-state index contributed by atoms with van der Waals surface area (Å²) in [5.41, 5.74) is 3.16. The van der Waals surface area contributed by atoms with Gasteiger partial charge in [0.25, 0.3) is 5.56 Å². The SMILES string of the molecule is COc1cc2c(cc1OC)-c1c(C#N)c3[nH]ncc3c(=O)n1CC2. The number of benzene rings is 1. The summed E-state index contributed by atoms with van der Waals surface area (Å²) in [7, 11) is 3.14. The molecule has 1 aliphatic rings. The van der Waals surface area contributed by atoms with Crippen molar-refractivity contribution in [2.24, 2.45) is 0 Å². The average Bonchev–Trinajstić information content (AvgIpc) is 3.10. The largest absolute Gasteiger partial charge is 0.493 e.